The first-order valence-corrected chi connectivity index (χ1v) is 12.9. The van der Waals surface area contributed by atoms with Crippen molar-refractivity contribution in [1.82, 2.24) is 34.4 Å². The van der Waals surface area contributed by atoms with Crippen LogP contribution in [0, 0.1) is 5.82 Å². The lowest BCUT2D eigenvalue weighted by Crippen LogP contribution is -2.23. The predicted molar refractivity (Wildman–Crippen MR) is 148 cm³/mol. The lowest BCUT2D eigenvalue weighted by molar-refractivity contribution is 0.244. The molecule has 0 unspecified atom stereocenters. The third-order valence-electron chi connectivity index (χ3n) is 6.65. The average Bonchev–Trinajstić information content (AvgIpc) is 3.53. The van der Waals surface area contributed by atoms with Gasteiger partial charge in [0.2, 0.25) is 0 Å². The number of benzene rings is 1. The van der Waals surface area contributed by atoms with Crippen molar-refractivity contribution in [2.45, 2.75) is 33.2 Å². The van der Waals surface area contributed by atoms with E-state index in [0.717, 1.165) is 36.2 Å². The largest absolute Gasteiger partial charge is 0.492 e. The second-order valence-corrected chi connectivity index (χ2v) is 9.65. The summed E-state index contributed by atoms with van der Waals surface area (Å²) in [6.07, 6.45) is 7.31. The molecule has 5 aromatic rings. The van der Waals surface area contributed by atoms with Gasteiger partial charge in [-0.25, -0.2) is 19.3 Å². The fourth-order valence-electron chi connectivity index (χ4n) is 4.34. The van der Waals surface area contributed by atoms with E-state index in [4.69, 9.17) is 14.7 Å². The van der Waals surface area contributed by atoms with E-state index < -0.39 is 5.82 Å². The number of likely N-dealkylation sites (N-methyl/N-ethyl adjacent to an activating group) is 1. The van der Waals surface area contributed by atoms with E-state index in [9.17, 15) is 4.39 Å². The zero-order chi connectivity index (χ0) is 26.6. The highest BCUT2D eigenvalue weighted by atomic mass is 19.1. The van der Waals surface area contributed by atoms with Gasteiger partial charge in [0.1, 0.15) is 23.7 Å². The van der Waals surface area contributed by atoms with Gasteiger partial charge in [0.15, 0.2) is 17.3 Å². The summed E-state index contributed by atoms with van der Waals surface area (Å²) in [6.45, 7) is 9.44. The molecule has 4 aromatic heterocycles. The number of hydrogen-bond donors (Lipinski definition) is 2. The molecule has 0 fully saturated rings. The first kappa shape index (κ1) is 25.6. The SMILES string of the molecule is CCN(C)CCOc1ccc2c(CCNc3nc(-c4cncc(F)c4)nc4c3ncn4C(C)C)c[nH]c2c1. The average molecular weight is 517 g/mol. The normalized spacial score (nSPS) is 11.8. The highest BCUT2D eigenvalue weighted by Crippen LogP contribution is 2.27. The van der Waals surface area contributed by atoms with Crippen LogP contribution in [0.25, 0.3) is 33.5 Å². The molecule has 2 N–H and O–H groups in total. The molecule has 0 saturated carbocycles. The molecule has 0 amide bonds. The van der Waals surface area contributed by atoms with Gasteiger partial charge < -0.3 is 24.5 Å². The standard InChI is InChI=1S/C28H33FN8O/c1-5-36(4)10-11-38-22-6-7-23-19(15-32-24(23)13-22)8-9-31-27-25-28(37(17-33-25)18(2)3)35-26(34-27)20-12-21(29)16-30-14-20/h6-7,12-18,32H,5,8-11H2,1-4H3,(H,31,34,35). The summed E-state index contributed by atoms with van der Waals surface area (Å²) in [4.78, 5) is 23.5. The van der Waals surface area contributed by atoms with Crippen LogP contribution in [-0.4, -0.2) is 67.7 Å². The number of nitrogens with one attached hydrogen (secondary N) is 2. The van der Waals surface area contributed by atoms with Crippen molar-refractivity contribution in [3.63, 3.8) is 0 Å². The van der Waals surface area contributed by atoms with Gasteiger partial charge in [-0.05, 0) is 57.6 Å². The maximum Gasteiger partial charge on any atom is 0.166 e. The Kier molecular flexibility index (Phi) is 7.50. The van der Waals surface area contributed by atoms with Gasteiger partial charge in [0, 0.05) is 54.1 Å². The van der Waals surface area contributed by atoms with E-state index in [2.05, 4.69) is 59.1 Å². The van der Waals surface area contributed by atoms with E-state index in [-0.39, 0.29) is 6.04 Å². The minimum atomic E-state index is -0.431. The number of aromatic amines is 1. The van der Waals surface area contributed by atoms with Crippen LogP contribution in [0.5, 0.6) is 5.75 Å². The van der Waals surface area contributed by atoms with Gasteiger partial charge in [-0.2, -0.15) is 0 Å². The van der Waals surface area contributed by atoms with Crippen LogP contribution >= 0.6 is 0 Å². The van der Waals surface area contributed by atoms with Crippen molar-refractivity contribution < 1.29 is 9.13 Å². The van der Waals surface area contributed by atoms with E-state index in [1.165, 1.54) is 17.8 Å². The molecule has 38 heavy (non-hydrogen) atoms. The van der Waals surface area contributed by atoms with Crippen LogP contribution in [0.3, 0.4) is 0 Å². The Morgan fingerprint density at radius 3 is 2.84 bits per heavy atom. The van der Waals surface area contributed by atoms with Crippen molar-refractivity contribution in [3.8, 4) is 17.1 Å². The van der Waals surface area contributed by atoms with Gasteiger partial charge in [-0.1, -0.05) is 6.92 Å². The minimum Gasteiger partial charge on any atom is -0.492 e. The number of aromatic nitrogens is 6. The molecule has 198 valence electrons. The summed E-state index contributed by atoms with van der Waals surface area (Å²) >= 11 is 0. The van der Waals surface area contributed by atoms with Gasteiger partial charge in [-0.15, -0.1) is 0 Å². The van der Waals surface area contributed by atoms with Gasteiger partial charge >= 0.3 is 0 Å². The molecule has 4 heterocycles. The molecular formula is C28H33FN8O. The molecule has 0 aliphatic heterocycles. The fraction of sp³-hybridized carbons (Fsp3) is 0.357. The van der Waals surface area contributed by atoms with Crippen molar-refractivity contribution in [2.75, 3.05) is 38.6 Å². The number of rotatable bonds is 11. The molecule has 0 spiro atoms. The van der Waals surface area contributed by atoms with Crippen LogP contribution in [-0.2, 0) is 6.42 Å². The summed E-state index contributed by atoms with van der Waals surface area (Å²) in [7, 11) is 2.08. The Bertz CT molecular complexity index is 1540. The van der Waals surface area contributed by atoms with Gasteiger partial charge in [-0.3, -0.25) is 4.98 Å². The molecule has 0 aliphatic carbocycles. The van der Waals surface area contributed by atoms with Crippen LogP contribution in [0.2, 0.25) is 0 Å². The Labute approximate surface area is 221 Å². The third kappa shape index (κ3) is 5.45. The number of halogens is 1. The van der Waals surface area contributed by atoms with E-state index in [0.29, 0.717) is 41.5 Å². The predicted octanol–water partition coefficient (Wildman–Crippen LogP) is 5.07. The highest BCUT2D eigenvalue weighted by molar-refractivity contribution is 5.86. The second-order valence-electron chi connectivity index (χ2n) is 9.65. The molecule has 0 saturated heterocycles. The summed E-state index contributed by atoms with van der Waals surface area (Å²) < 4.78 is 21.8. The maximum atomic E-state index is 13.9. The lowest BCUT2D eigenvalue weighted by Gasteiger charge is -2.14. The second kappa shape index (κ2) is 11.1. The summed E-state index contributed by atoms with van der Waals surface area (Å²) in [5, 5.41) is 4.60. The van der Waals surface area contributed by atoms with Gasteiger partial charge in [0.05, 0.1) is 12.5 Å². The molecule has 0 radical (unpaired) electrons. The summed E-state index contributed by atoms with van der Waals surface area (Å²) in [5.41, 5.74) is 4.13. The first-order chi connectivity index (χ1) is 18.4. The Balaban J connectivity index is 1.33. The number of nitrogens with zero attached hydrogens (tertiary/aromatic N) is 6. The van der Waals surface area contributed by atoms with Crippen molar-refractivity contribution in [1.29, 1.82) is 0 Å². The topological polar surface area (TPSA) is 96.8 Å². The molecule has 0 bridgehead atoms. The quantitative estimate of drug-likeness (QED) is 0.253. The van der Waals surface area contributed by atoms with Crippen molar-refractivity contribution in [2.24, 2.45) is 0 Å². The zero-order valence-electron chi connectivity index (χ0n) is 22.2. The van der Waals surface area contributed by atoms with Crippen LogP contribution in [0.4, 0.5) is 10.2 Å². The molecule has 10 heteroatoms. The smallest absolute Gasteiger partial charge is 0.166 e. The van der Waals surface area contributed by atoms with Crippen molar-refractivity contribution in [3.05, 3.63) is 60.6 Å². The Morgan fingerprint density at radius 2 is 2.05 bits per heavy atom. The molecule has 1 aromatic carbocycles. The molecule has 9 nitrogen and oxygen atoms in total. The fourth-order valence-corrected chi connectivity index (χ4v) is 4.34. The Morgan fingerprint density at radius 1 is 1.18 bits per heavy atom. The first-order valence-electron chi connectivity index (χ1n) is 12.9. The van der Waals surface area contributed by atoms with E-state index in [1.54, 1.807) is 12.5 Å². The summed E-state index contributed by atoms with van der Waals surface area (Å²) in [6, 6.07) is 7.71. The number of ether oxygens (including phenoxy) is 1. The van der Waals surface area contributed by atoms with Crippen LogP contribution in [0.15, 0.2) is 49.2 Å². The summed E-state index contributed by atoms with van der Waals surface area (Å²) in [5.74, 6) is 1.44. The number of pyridine rings is 1. The van der Waals surface area contributed by atoms with Crippen LogP contribution < -0.4 is 10.1 Å². The molecular weight excluding hydrogens is 483 g/mol. The number of hydrogen-bond acceptors (Lipinski definition) is 7. The van der Waals surface area contributed by atoms with E-state index in [1.807, 2.05) is 22.9 Å². The number of fused-ring (bicyclic) bond motifs is 2. The molecule has 5 rings (SSSR count). The lowest BCUT2D eigenvalue weighted by atomic mass is 10.1. The third-order valence-corrected chi connectivity index (χ3v) is 6.65. The van der Waals surface area contributed by atoms with Crippen molar-refractivity contribution >= 4 is 27.9 Å². The zero-order valence-corrected chi connectivity index (χ0v) is 22.2. The van der Waals surface area contributed by atoms with Gasteiger partial charge in [0.25, 0.3) is 0 Å². The number of imidazole rings is 1. The number of H-pyrrole nitrogens is 1. The van der Waals surface area contributed by atoms with E-state index >= 15 is 0 Å². The molecule has 0 atom stereocenters. The Hall–Kier alpha value is -4.05. The molecule has 0 aliphatic rings. The maximum absolute atomic E-state index is 13.9. The minimum absolute atomic E-state index is 0.161. The monoisotopic (exact) mass is 516 g/mol. The number of anilines is 1. The van der Waals surface area contributed by atoms with Crippen LogP contribution in [0.1, 0.15) is 32.4 Å². The highest BCUT2D eigenvalue weighted by Gasteiger charge is 2.16.